The largest absolute Gasteiger partial charge is 0.428 e. The third-order valence-corrected chi connectivity index (χ3v) is 3.27. The SMILES string of the molecule is O=C(/C=C\C(=O)OC1=C2OC(=O)/C=C\C(=O)OC2=CC1)OC1=CC=CC1. The highest BCUT2D eigenvalue weighted by atomic mass is 16.6. The first kappa shape index (κ1) is 17.2. The van der Waals surface area contributed by atoms with Gasteiger partial charge >= 0.3 is 23.9 Å². The first-order valence-electron chi connectivity index (χ1n) is 7.54. The Kier molecular flexibility index (Phi) is 4.93. The molecule has 1 heterocycles. The molecule has 0 atom stereocenters. The molecule has 2 aliphatic carbocycles. The molecular weight excluding hydrogens is 344 g/mol. The Morgan fingerprint density at radius 3 is 2.35 bits per heavy atom. The van der Waals surface area contributed by atoms with Crippen LogP contribution >= 0.6 is 0 Å². The van der Waals surface area contributed by atoms with Crippen LogP contribution in [0.3, 0.4) is 0 Å². The van der Waals surface area contributed by atoms with Gasteiger partial charge in [0.15, 0.2) is 11.5 Å². The van der Waals surface area contributed by atoms with Crippen molar-refractivity contribution < 1.29 is 38.1 Å². The van der Waals surface area contributed by atoms with Crippen molar-refractivity contribution in [2.75, 3.05) is 0 Å². The van der Waals surface area contributed by atoms with E-state index in [4.69, 9.17) is 18.9 Å². The number of hydrogen-bond donors (Lipinski definition) is 0. The molecule has 0 saturated heterocycles. The normalized spacial score (nSPS) is 19.8. The van der Waals surface area contributed by atoms with Crippen LogP contribution in [0.15, 0.2) is 71.6 Å². The van der Waals surface area contributed by atoms with Gasteiger partial charge < -0.3 is 18.9 Å². The van der Waals surface area contributed by atoms with Gasteiger partial charge in [0.05, 0.1) is 0 Å². The molecule has 3 rings (SSSR count). The minimum Gasteiger partial charge on any atom is -0.428 e. The monoisotopic (exact) mass is 356 g/mol. The van der Waals surface area contributed by atoms with E-state index in [2.05, 4.69) is 0 Å². The number of allylic oxidation sites excluding steroid dienone is 4. The fourth-order valence-corrected chi connectivity index (χ4v) is 2.16. The molecule has 0 aromatic carbocycles. The van der Waals surface area contributed by atoms with Crippen LogP contribution in [-0.4, -0.2) is 23.9 Å². The Labute approximate surface area is 147 Å². The first-order valence-corrected chi connectivity index (χ1v) is 7.54. The summed E-state index contributed by atoms with van der Waals surface area (Å²) in [5.74, 6) is -2.87. The molecule has 0 aromatic heterocycles. The Bertz CT molecular complexity index is 864. The van der Waals surface area contributed by atoms with Crippen LogP contribution in [0.1, 0.15) is 12.8 Å². The van der Waals surface area contributed by atoms with Gasteiger partial charge in [-0.05, 0) is 12.2 Å². The van der Waals surface area contributed by atoms with Crippen LogP contribution in [0.25, 0.3) is 0 Å². The molecule has 0 aromatic rings. The van der Waals surface area contributed by atoms with Crippen molar-refractivity contribution in [2.24, 2.45) is 0 Å². The summed E-state index contributed by atoms with van der Waals surface area (Å²) in [6, 6.07) is 0. The van der Waals surface area contributed by atoms with Crippen LogP contribution in [0.4, 0.5) is 0 Å². The molecule has 132 valence electrons. The highest BCUT2D eigenvalue weighted by Gasteiger charge is 2.28. The molecule has 26 heavy (non-hydrogen) atoms. The van der Waals surface area contributed by atoms with Gasteiger partial charge in [0.1, 0.15) is 5.76 Å². The Morgan fingerprint density at radius 2 is 1.65 bits per heavy atom. The summed E-state index contributed by atoms with van der Waals surface area (Å²) >= 11 is 0. The van der Waals surface area contributed by atoms with Crippen LogP contribution in [-0.2, 0) is 38.1 Å². The maximum absolute atomic E-state index is 11.9. The van der Waals surface area contributed by atoms with Crippen molar-refractivity contribution in [1.82, 2.24) is 0 Å². The van der Waals surface area contributed by atoms with Gasteiger partial charge in [-0.15, -0.1) is 0 Å². The Hall–Kier alpha value is -3.68. The number of carbonyl (C=O) groups is 4. The predicted octanol–water partition coefficient (Wildman–Crippen LogP) is 1.63. The smallest absolute Gasteiger partial charge is 0.336 e. The van der Waals surface area contributed by atoms with E-state index in [-0.39, 0.29) is 23.7 Å². The van der Waals surface area contributed by atoms with E-state index in [0.717, 1.165) is 24.3 Å². The number of rotatable bonds is 4. The molecule has 0 bridgehead atoms. The fourth-order valence-electron chi connectivity index (χ4n) is 2.16. The Morgan fingerprint density at radius 1 is 0.962 bits per heavy atom. The standard InChI is InChI=1S/C18H12O8/c19-14(23-11-3-1-2-4-11)7-8-15(20)24-12-5-6-13-18(12)26-17(22)10-9-16(21)25-13/h1-3,6-10H,4-5H2/b8-7-,10-9-. The lowest BCUT2D eigenvalue weighted by Crippen LogP contribution is -2.13. The summed E-state index contributed by atoms with van der Waals surface area (Å²) in [6.45, 7) is 0. The summed E-state index contributed by atoms with van der Waals surface area (Å²) in [5.41, 5.74) is 0. The third-order valence-electron chi connectivity index (χ3n) is 3.27. The van der Waals surface area contributed by atoms with Crippen molar-refractivity contribution in [2.45, 2.75) is 12.8 Å². The second-order valence-corrected chi connectivity index (χ2v) is 5.14. The van der Waals surface area contributed by atoms with Crippen molar-refractivity contribution in [3.63, 3.8) is 0 Å². The molecule has 0 fully saturated rings. The number of esters is 4. The Balaban J connectivity index is 1.62. The zero-order chi connectivity index (χ0) is 18.5. The van der Waals surface area contributed by atoms with Crippen molar-refractivity contribution >= 4 is 23.9 Å². The van der Waals surface area contributed by atoms with Gasteiger partial charge in [-0.1, -0.05) is 12.2 Å². The molecular formula is C18H12O8. The summed E-state index contributed by atoms with van der Waals surface area (Å²) in [7, 11) is 0. The van der Waals surface area contributed by atoms with Crippen molar-refractivity contribution in [3.05, 3.63) is 71.6 Å². The van der Waals surface area contributed by atoms with Gasteiger partial charge in [0, 0.05) is 37.1 Å². The summed E-state index contributed by atoms with van der Waals surface area (Å²) in [6.07, 6.45) is 10.8. The molecule has 0 spiro atoms. The maximum Gasteiger partial charge on any atom is 0.336 e. The minimum absolute atomic E-state index is 0.0119. The second-order valence-electron chi connectivity index (χ2n) is 5.14. The topological polar surface area (TPSA) is 105 Å². The molecule has 0 N–H and O–H groups in total. The average Bonchev–Trinajstić information content (AvgIpc) is 3.22. The van der Waals surface area contributed by atoms with Gasteiger partial charge in [0.2, 0.25) is 5.76 Å². The van der Waals surface area contributed by atoms with Gasteiger partial charge in [-0.25, -0.2) is 19.2 Å². The summed E-state index contributed by atoms with van der Waals surface area (Å²) < 4.78 is 20.0. The zero-order valence-electron chi connectivity index (χ0n) is 13.3. The number of carbonyl (C=O) groups excluding carboxylic acids is 4. The molecule has 1 aliphatic heterocycles. The van der Waals surface area contributed by atoms with E-state index in [1.807, 2.05) is 6.08 Å². The van der Waals surface area contributed by atoms with Crippen LogP contribution in [0, 0.1) is 0 Å². The molecule has 8 nitrogen and oxygen atoms in total. The van der Waals surface area contributed by atoms with E-state index in [9.17, 15) is 19.2 Å². The van der Waals surface area contributed by atoms with Crippen molar-refractivity contribution in [1.29, 1.82) is 0 Å². The van der Waals surface area contributed by atoms with E-state index in [1.165, 1.54) is 6.08 Å². The summed E-state index contributed by atoms with van der Waals surface area (Å²) in [5, 5.41) is 0. The van der Waals surface area contributed by atoms with E-state index in [1.54, 1.807) is 12.2 Å². The third kappa shape index (κ3) is 4.23. The number of ether oxygens (including phenoxy) is 4. The van der Waals surface area contributed by atoms with E-state index >= 15 is 0 Å². The van der Waals surface area contributed by atoms with Crippen LogP contribution in [0.2, 0.25) is 0 Å². The zero-order valence-corrected chi connectivity index (χ0v) is 13.3. The van der Waals surface area contributed by atoms with Crippen molar-refractivity contribution in [3.8, 4) is 0 Å². The number of fused-ring (bicyclic) bond motifs is 1. The molecule has 0 radical (unpaired) electrons. The first-order chi connectivity index (χ1) is 12.5. The maximum atomic E-state index is 11.9. The molecule has 3 aliphatic rings. The second kappa shape index (κ2) is 7.47. The van der Waals surface area contributed by atoms with Crippen LogP contribution in [0.5, 0.6) is 0 Å². The average molecular weight is 356 g/mol. The van der Waals surface area contributed by atoms with E-state index in [0.29, 0.717) is 12.2 Å². The van der Waals surface area contributed by atoms with Crippen LogP contribution < -0.4 is 0 Å². The number of hydrogen-bond acceptors (Lipinski definition) is 8. The molecule has 8 heteroatoms. The van der Waals surface area contributed by atoms with E-state index < -0.39 is 23.9 Å². The lowest BCUT2D eigenvalue weighted by molar-refractivity contribution is -0.141. The fraction of sp³-hybridized carbons (Fsp3) is 0.111. The lowest BCUT2D eigenvalue weighted by atomic mass is 10.4. The lowest BCUT2D eigenvalue weighted by Gasteiger charge is -2.11. The predicted molar refractivity (Wildman–Crippen MR) is 84.2 cm³/mol. The summed E-state index contributed by atoms with van der Waals surface area (Å²) in [4.78, 5) is 46.4. The quantitative estimate of drug-likeness (QED) is 0.425. The molecule has 0 unspecified atom stereocenters. The van der Waals surface area contributed by atoms with Gasteiger partial charge in [0.25, 0.3) is 0 Å². The minimum atomic E-state index is -0.877. The highest BCUT2D eigenvalue weighted by molar-refractivity contribution is 5.94. The highest BCUT2D eigenvalue weighted by Crippen LogP contribution is 2.30. The molecule has 0 amide bonds. The van der Waals surface area contributed by atoms with Gasteiger partial charge in [-0.2, -0.15) is 0 Å². The van der Waals surface area contributed by atoms with Gasteiger partial charge in [-0.3, -0.25) is 0 Å². The molecule has 0 saturated carbocycles.